The molecule has 1 aromatic rings. The van der Waals surface area contributed by atoms with Crippen LogP contribution < -0.4 is 4.74 Å². The highest BCUT2D eigenvalue weighted by atomic mass is 16.5. The minimum absolute atomic E-state index is 0.0473. The second-order valence-electron chi connectivity index (χ2n) is 7.53. The molecule has 0 radical (unpaired) electrons. The molecule has 0 unspecified atom stereocenters. The summed E-state index contributed by atoms with van der Waals surface area (Å²) < 4.78 is 11.1. The predicted molar refractivity (Wildman–Crippen MR) is 111 cm³/mol. The second kappa shape index (κ2) is 9.41. The molecule has 0 aromatic heterocycles. The molecule has 1 fully saturated rings. The Morgan fingerprint density at radius 3 is 2.34 bits per heavy atom. The summed E-state index contributed by atoms with van der Waals surface area (Å²) in [4.78, 5) is 32.4. The zero-order valence-electron chi connectivity index (χ0n) is 17.8. The van der Waals surface area contributed by atoms with Gasteiger partial charge in [-0.25, -0.2) is 0 Å². The predicted octanol–water partition coefficient (Wildman–Crippen LogP) is 1.84. The first-order valence-corrected chi connectivity index (χ1v) is 10.3. The molecule has 29 heavy (non-hydrogen) atoms. The largest absolute Gasteiger partial charge is 0.496 e. The number of amides is 2. The third-order valence-electron chi connectivity index (χ3n) is 5.42. The third-order valence-corrected chi connectivity index (χ3v) is 5.42. The van der Waals surface area contributed by atoms with Crippen molar-refractivity contribution in [3.63, 3.8) is 0 Å². The minimum atomic E-state index is -0.278. The van der Waals surface area contributed by atoms with Gasteiger partial charge in [0.25, 0.3) is 11.8 Å². The zero-order valence-corrected chi connectivity index (χ0v) is 17.8. The number of piperazine rings is 1. The summed E-state index contributed by atoms with van der Waals surface area (Å²) >= 11 is 0. The van der Waals surface area contributed by atoms with Gasteiger partial charge >= 0.3 is 0 Å². The monoisotopic (exact) mass is 401 g/mol. The molecule has 2 aliphatic rings. The van der Waals surface area contributed by atoms with Crippen LogP contribution in [0.2, 0.25) is 0 Å². The van der Waals surface area contributed by atoms with Gasteiger partial charge in [0.05, 0.1) is 31.9 Å². The lowest BCUT2D eigenvalue weighted by atomic mass is 10.0. The molecule has 0 bridgehead atoms. The molecule has 2 amide bonds. The number of carbonyl (C=O) groups is 2. The van der Waals surface area contributed by atoms with E-state index in [2.05, 4.69) is 16.7 Å². The Morgan fingerprint density at radius 1 is 1.03 bits per heavy atom. The summed E-state index contributed by atoms with van der Waals surface area (Å²) in [6, 6.07) is 7.38. The van der Waals surface area contributed by atoms with E-state index in [1.54, 1.807) is 7.11 Å². The maximum atomic E-state index is 13.3. The number of hydrogen-bond acceptors (Lipinski definition) is 6. The van der Waals surface area contributed by atoms with Crippen LogP contribution in [0.1, 0.15) is 26.3 Å². The Bertz CT molecular complexity index is 782. The first-order chi connectivity index (χ1) is 14.0. The highest BCUT2D eigenvalue weighted by Crippen LogP contribution is 2.36. The first kappa shape index (κ1) is 21.3. The van der Waals surface area contributed by atoms with Crippen LogP contribution in [-0.4, -0.2) is 85.6 Å². The van der Waals surface area contributed by atoms with Gasteiger partial charge in [-0.1, -0.05) is 25.1 Å². The molecule has 2 aliphatic heterocycles. The van der Waals surface area contributed by atoms with E-state index < -0.39 is 0 Å². The first-order valence-electron chi connectivity index (χ1n) is 10.3. The average Bonchev–Trinajstić information content (AvgIpc) is 2.98. The molecular formula is C22H31N3O4. The van der Waals surface area contributed by atoms with E-state index in [0.29, 0.717) is 29.2 Å². The van der Waals surface area contributed by atoms with Gasteiger partial charge in [-0.2, -0.15) is 0 Å². The molecule has 1 aromatic carbocycles. The number of para-hydroxylation sites is 1. The van der Waals surface area contributed by atoms with Gasteiger partial charge in [0.1, 0.15) is 11.4 Å². The molecule has 0 aliphatic carbocycles. The van der Waals surface area contributed by atoms with E-state index in [9.17, 15) is 9.59 Å². The second-order valence-corrected chi connectivity index (χ2v) is 7.53. The smallest absolute Gasteiger partial charge is 0.277 e. The van der Waals surface area contributed by atoms with Crippen molar-refractivity contribution in [3.8, 4) is 5.75 Å². The number of ether oxygens (including phenoxy) is 2. The number of rotatable bonds is 8. The Balaban J connectivity index is 1.96. The van der Waals surface area contributed by atoms with Crippen LogP contribution in [0, 0.1) is 0 Å². The van der Waals surface area contributed by atoms with Crippen molar-refractivity contribution in [2.75, 3.05) is 53.0 Å². The maximum absolute atomic E-state index is 13.3. The van der Waals surface area contributed by atoms with Crippen LogP contribution in [0.4, 0.5) is 0 Å². The number of nitrogens with zero attached hydrogens (tertiary/aromatic N) is 3. The molecule has 3 rings (SSSR count). The van der Waals surface area contributed by atoms with Gasteiger partial charge in [-0.15, -0.1) is 0 Å². The molecule has 7 heteroatoms. The van der Waals surface area contributed by atoms with Crippen LogP contribution in [0.3, 0.4) is 0 Å². The van der Waals surface area contributed by atoms with Crippen molar-refractivity contribution >= 4 is 17.4 Å². The van der Waals surface area contributed by atoms with Crippen LogP contribution >= 0.6 is 0 Å². The summed E-state index contributed by atoms with van der Waals surface area (Å²) in [7, 11) is 1.58. The normalized spacial score (nSPS) is 18.4. The summed E-state index contributed by atoms with van der Waals surface area (Å²) in [5.41, 5.74) is 1.58. The highest BCUT2D eigenvalue weighted by Gasteiger charge is 2.42. The van der Waals surface area contributed by atoms with Crippen LogP contribution in [0.15, 0.2) is 30.0 Å². The van der Waals surface area contributed by atoms with E-state index in [0.717, 1.165) is 32.7 Å². The summed E-state index contributed by atoms with van der Waals surface area (Å²) in [5.74, 6) is 0.0709. The van der Waals surface area contributed by atoms with Gasteiger partial charge in [0, 0.05) is 31.7 Å². The molecule has 1 saturated heterocycles. The van der Waals surface area contributed by atoms with Gasteiger partial charge in [0.2, 0.25) is 0 Å². The third kappa shape index (κ3) is 4.46. The van der Waals surface area contributed by atoms with E-state index in [1.807, 2.05) is 38.1 Å². The fraction of sp³-hybridized carbons (Fsp3) is 0.545. The number of imide groups is 1. The fourth-order valence-electron chi connectivity index (χ4n) is 3.82. The number of likely N-dealkylation sites (N-methyl/N-ethyl adjacent to an activating group) is 1. The van der Waals surface area contributed by atoms with Crippen LogP contribution in [-0.2, 0) is 14.3 Å². The molecule has 0 atom stereocenters. The lowest BCUT2D eigenvalue weighted by molar-refractivity contribution is -0.138. The number of hydrogen-bond donors (Lipinski definition) is 0. The van der Waals surface area contributed by atoms with Crippen LogP contribution in [0.25, 0.3) is 5.57 Å². The Labute approximate surface area is 172 Å². The molecule has 0 saturated carbocycles. The fourth-order valence-corrected chi connectivity index (χ4v) is 3.82. The summed E-state index contributed by atoms with van der Waals surface area (Å²) in [6.07, 6.45) is 0.0473. The zero-order chi connectivity index (χ0) is 21.0. The molecular weight excluding hydrogens is 370 g/mol. The Kier molecular flexibility index (Phi) is 6.92. The van der Waals surface area contributed by atoms with Crippen molar-refractivity contribution in [1.29, 1.82) is 0 Å². The molecule has 0 spiro atoms. The molecule has 158 valence electrons. The van der Waals surface area contributed by atoms with E-state index >= 15 is 0 Å². The lowest BCUT2D eigenvalue weighted by Crippen LogP contribution is -2.47. The average molecular weight is 402 g/mol. The van der Waals surface area contributed by atoms with Gasteiger partial charge < -0.3 is 19.3 Å². The minimum Gasteiger partial charge on any atom is -0.496 e. The van der Waals surface area contributed by atoms with Crippen molar-refractivity contribution in [1.82, 2.24) is 14.7 Å². The summed E-state index contributed by atoms with van der Waals surface area (Å²) in [5, 5.41) is 0. The van der Waals surface area contributed by atoms with E-state index in [4.69, 9.17) is 9.47 Å². The van der Waals surface area contributed by atoms with Gasteiger partial charge in [-0.3, -0.25) is 14.5 Å². The number of methoxy groups -OCH3 is 1. The standard InChI is InChI=1S/C22H31N3O4/c1-5-23-10-12-24(13-11-23)20-19(17-8-6-7-9-18(17)28-4)21(26)25(22(20)27)14-15-29-16(2)3/h6-9,16H,5,10-15H2,1-4H3. The van der Waals surface area contributed by atoms with Crippen LogP contribution in [0.5, 0.6) is 5.75 Å². The highest BCUT2D eigenvalue weighted by molar-refractivity contribution is 6.36. The SMILES string of the molecule is CCN1CCN(C2=C(c3ccccc3OC)C(=O)N(CCOC(C)C)C2=O)CC1. The Morgan fingerprint density at radius 2 is 1.72 bits per heavy atom. The van der Waals surface area contributed by atoms with Gasteiger partial charge in [-0.05, 0) is 26.5 Å². The van der Waals surface area contributed by atoms with Crippen molar-refractivity contribution < 1.29 is 19.1 Å². The molecule has 7 nitrogen and oxygen atoms in total. The van der Waals surface area contributed by atoms with Gasteiger partial charge in [0.15, 0.2) is 0 Å². The number of carbonyl (C=O) groups excluding carboxylic acids is 2. The van der Waals surface area contributed by atoms with E-state index in [-0.39, 0.29) is 24.5 Å². The van der Waals surface area contributed by atoms with Crippen molar-refractivity contribution in [3.05, 3.63) is 35.5 Å². The summed E-state index contributed by atoms with van der Waals surface area (Å²) in [6.45, 7) is 10.7. The van der Waals surface area contributed by atoms with Crippen molar-refractivity contribution in [2.45, 2.75) is 26.9 Å². The van der Waals surface area contributed by atoms with Crippen molar-refractivity contribution in [2.24, 2.45) is 0 Å². The molecule has 0 N–H and O–H groups in total. The maximum Gasteiger partial charge on any atom is 0.277 e. The Hall–Kier alpha value is -2.38. The lowest BCUT2D eigenvalue weighted by Gasteiger charge is -2.36. The molecule has 2 heterocycles. The van der Waals surface area contributed by atoms with E-state index in [1.165, 1.54) is 4.90 Å². The topological polar surface area (TPSA) is 62.3 Å². The number of benzene rings is 1. The quantitative estimate of drug-likeness (QED) is 0.620.